The molecule has 0 aliphatic rings. The molecule has 0 aliphatic carbocycles. The van der Waals surface area contributed by atoms with Crippen molar-refractivity contribution >= 4 is 22.4 Å². The zero-order chi connectivity index (χ0) is 13.0. The summed E-state index contributed by atoms with van der Waals surface area (Å²) in [7, 11) is -1.04. The van der Waals surface area contributed by atoms with Crippen LogP contribution >= 0.6 is 11.6 Å². The second-order valence-electron chi connectivity index (χ2n) is 3.71. The smallest absolute Gasteiger partial charge is 0.297 e. The molecule has 0 spiro atoms. The Labute approximate surface area is 106 Å². The molecule has 0 saturated heterocycles. The Morgan fingerprint density at radius 2 is 2.06 bits per heavy atom. The van der Waals surface area contributed by atoms with Crippen molar-refractivity contribution in [2.24, 2.45) is 0 Å². The minimum Gasteiger partial charge on any atom is -0.297 e. The molecule has 5 nitrogen and oxygen atoms in total. The van der Waals surface area contributed by atoms with Crippen LogP contribution in [0.3, 0.4) is 0 Å². The maximum atomic E-state index is 12.0. The molecule has 1 N–H and O–H groups in total. The number of aromatic amines is 1. The van der Waals surface area contributed by atoms with E-state index in [4.69, 9.17) is 11.6 Å². The van der Waals surface area contributed by atoms with Gasteiger partial charge >= 0.3 is 5.69 Å². The van der Waals surface area contributed by atoms with Gasteiger partial charge in [-0.15, -0.1) is 0 Å². The maximum absolute atomic E-state index is 12.0. The second kappa shape index (κ2) is 6.16. The van der Waals surface area contributed by atoms with Gasteiger partial charge in [-0.3, -0.25) is 18.6 Å². The first-order valence-corrected chi connectivity index (χ1v) is 7.39. The van der Waals surface area contributed by atoms with Crippen LogP contribution in [-0.4, -0.2) is 25.8 Å². The van der Waals surface area contributed by atoms with Crippen LogP contribution in [0.2, 0.25) is 5.15 Å². The summed E-state index contributed by atoms with van der Waals surface area (Å²) in [5.41, 5.74) is -0.521. The van der Waals surface area contributed by atoms with E-state index >= 15 is 0 Å². The predicted octanol–water partition coefficient (Wildman–Crippen LogP) is 0.521. The highest BCUT2D eigenvalue weighted by molar-refractivity contribution is 7.84. The molecule has 0 amide bonds. The summed E-state index contributed by atoms with van der Waals surface area (Å²) in [6.45, 7) is 2.07. The summed E-state index contributed by atoms with van der Waals surface area (Å²) in [6.07, 6.45) is 2.81. The zero-order valence-electron chi connectivity index (χ0n) is 9.79. The highest BCUT2D eigenvalue weighted by Gasteiger charge is 2.11. The van der Waals surface area contributed by atoms with Crippen molar-refractivity contribution in [1.29, 1.82) is 0 Å². The van der Waals surface area contributed by atoms with Crippen molar-refractivity contribution < 1.29 is 4.21 Å². The lowest BCUT2D eigenvalue weighted by atomic mass is 10.2. The third-order valence-electron chi connectivity index (χ3n) is 2.33. The fourth-order valence-electron chi connectivity index (χ4n) is 1.48. The van der Waals surface area contributed by atoms with E-state index in [1.54, 1.807) is 0 Å². The van der Waals surface area contributed by atoms with Crippen LogP contribution in [-0.2, 0) is 23.8 Å². The van der Waals surface area contributed by atoms with Crippen LogP contribution in [0.25, 0.3) is 0 Å². The lowest BCUT2D eigenvalue weighted by molar-refractivity contribution is 0.646. The third kappa shape index (κ3) is 3.54. The molecule has 1 aromatic rings. The topological polar surface area (TPSA) is 71.9 Å². The number of nitrogens with zero attached hydrogens (tertiary/aromatic N) is 1. The zero-order valence-corrected chi connectivity index (χ0v) is 11.4. The summed E-state index contributed by atoms with van der Waals surface area (Å²) in [5, 5.41) is 0.107. The number of hydrogen-bond acceptors (Lipinski definition) is 3. The monoisotopic (exact) mass is 278 g/mol. The van der Waals surface area contributed by atoms with E-state index in [1.807, 2.05) is 6.92 Å². The molecular weight excluding hydrogens is 264 g/mol. The minimum atomic E-state index is -1.04. The molecule has 0 aliphatic heterocycles. The van der Waals surface area contributed by atoms with Crippen LogP contribution in [0.1, 0.15) is 18.9 Å². The summed E-state index contributed by atoms with van der Waals surface area (Å²) < 4.78 is 12.0. The van der Waals surface area contributed by atoms with Gasteiger partial charge in [0.15, 0.2) is 0 Å². The van der Waals surface area contributed by atoms with E-state index < -0.39 is 16.5 Å². The molecule has 1 aromatic heterocycles. The number of nitrogens with one attached hydrogen (secondary N) is 1. The summed E-state index contributed by atoms with van der Waals surface area (Å²) in [6, 6.07) is 0. The van der Waals surface area contributed by atoms with E-state index in [0.717, 1.165) is 11.0 Å². The Morgan fingerprint density at radius 1 is 1.41 bits per heavy atom. The number of rotatable bonds is 5. The Morgan fingerprint density at radius 3 is 2.59 bits per heavy atom. The van der Waals surface area contributed by atoms with E-state index in [0.29, 0.717) is 12.0 Å². The average Bonchev–Trinajstić information content (AvgIpc) is 2.23. The lowest BCUT2D eigenvalue weighted by Gasteiger charge is -2.07. The molecule has 96 valence electrons. The fourth-order valence-corrected chi connectivity index (χ4v) is 2.17. The number of aromatic nitrogens is 2. The predicted molar refractivity (Wildman–Crippen MR) is 69.3 cm³/mol. The van der Waals surface area contributed by atoms with Crippen LogP contribution in [0.4, 0.5) is 0 Å². The third-order valence-corrected chi connectivity index (χ3v) is 3.41. The molecule has 0 fully saturated rings. The first-order valence-electron chi connectivity index (χ1n) is 5.28. The second-order valence-corrected chi connectivity index (χ2v) is 5.64. The van der Waals surface area contributed by atoms with Gasteiger partial charge in [-0.25, -0.2) is 4.79 Å². The maximum Gasteiger partial charge on any atom is 0.329 e. The Kier molecular flexibility index (Phi) is 5.14. The molecule has 0 bridgehead atoms. The van der Waals surface area contributed by atoms with E-state index in [9.17, 15) is 13.8 Å². The molecule has 1 atom stereocenters. The molecule has 7 heteroatoms. The van der Waals surface area contributed by atoms with Gasteiger partial charge in [0.25, 0.3) is 5.56 Å². The van der Waals surface area contributed by atoms with Crippen LogP contribution in [0.15, 0.2) is 9.59 Å². The van der Waals surface area contributed by atoms with Gasteiger partial charge in [0, 0.05) is 29.4 Å². The largest absolute Gasteiger partial charge is 0.329 e. The van der Waals surface area contributed by atoms with Crippen molar-refractivity contribution in [1.82, 2.24) is 9.55 Å². The SMILES string of the molecule is CCCc1c(Cl)[nH]c(=O)n(CCS(C)=O)c1=O. The summed E-state index contributed by atoms with van der Waals surface area (Å²) in [5.74, 6) is 0.274. The van der Waals surface area contributed by atoms with Gasteiger partial charge in [0.2, 0.25) is 0 Å². The van der Waals surface area contributed by atoms with Crippen LogP contribution < -0.4 is 11.2 Å². The first kappa shape index (κ1) is 14.2. The van der Waals surface area contributed by atoms with Crippen molar-refractivity contribution in [2.75, 3.05) is 12.0 Å². The number of hydrogen-bond donors (Lipinski definition) is 1. The average molecular weight is 279 g/mol. The van der Waals surface area contributed by atoms with Crippen molar-refractivity contribution in [3.8, 4) is 0 Å². The lowest BCUT2D eigenvalue weighted by Crippen LogP contribution is -2.38. The van der Waals surface area contributed by atoms with Crippen LogP contribution in [0.5, 0.6) is 0 Å². The molecule has 0 aromatic carbocycles. The van der Waals surface area contributed by atoms with Crippen molar-refractivity contribution in [3.63, 3.8) is 0 Å². The fraction of sp³-hybridized carbons (Fsp3) is 0.600. The Bertz CT molecular complexity index is 535. The van der Waals surface area contributed by atoms with Gasteiger partial charge in [-0.05, 0) is 6.42 Å². The van der Waals surface area contributed by atoms with Gasteiger partial charge in [-0.1, -0.05) is 24.9 Å². The molecule has 1 heterocycles. The van der Waals surface area contributed by atoms with Crippen molar-refractivity contribution in [2.45, 2.75) is 26.3 Å². The minimum absolute atomic E-state index is 0.107. The number of H-pyrrole nitrogens is 1. The molecule has 1 rings (SSSR count). The van der Waals surface area contributed by atoms with Gasteiger partial charge in [-0.2, -0.15) is 0 Å². The first-order chi connectivity index (χ1) is 7.97. The summed E-state index contributed by atoms with van der Waals surface area (Å²) in [4.78, 5) is 26.0. The van der Waals surface area contributed by atoms with Crippen molar-refractivity contribution in [3.05, 3.63) is 31.6 Å². The standard InChI is InChI=1S/C10H15ClN2O3S/c1-3-4-7-8(11)12-10(15)13(9(7)14)5-6-17(2)16/h3-6H2,1-2H3,(H,12,15). The van der Waals surface area contributed by atoms with E-state index in [1.165, 1.54) is 6.26 Å². The van der Waals surface area contributed by atoms with E-state index in [-0.39, 0.29) is 23.0 Å². The van der Waals surface area contributed by atoms with E-state index in [2.05, 4.69) is 4.98 Å². The van der Waals surface area contributed by atoms with Gasteiger partial charge in [0.05, 0.1) is 5.56 Å². The highest BCUT2D eigenvalue weighted by Crippen LogP contribution is 2.07. The molecule has 0 saturated carbocycles. The Hall–Kier alpha value is -0.880. The molecular formula is C10H15ClN2O3S. The normalized spacial score (nSPS) is 12.6. The van der Waals surface area contributed by atoms with Gasteiger partial charge in [0.1, 0.15) is 5.15 Å². The summed E-state index contributed by atoms with van der Waals surface area (Å²) >= 11 is 5.82. The quantitative estimate of drug-likeness (QED) is 0.798. The van der Waals surface area contributed by atoms with Crippen LogP contribution in [0, 0.1) is 0 Å². The highest BCUT2D eigenvalue weighted by atomic mass is 35.5. The Balaban J connectivity index is 3.21. The number of halogens is 1. The molecule has 1 unspecified atom stereocenters. The van der Waals surface area contributed by atoms with Gasteiger partial charge < -0.3 is 0 Å². The molecule has 17 heavy (non-hydrogen) atoms. The molecule has 0 radical (unpaired) electrons.